The van der Waals surface area contributed by atoms with Crippen LogP contribution in [0.25, 0.3) is 0 Å². The summed E-state index contributed by atoms with van der Waals surface area (Å²) in [6.07, 6.45) is -3.43. The minimum atomic E-state index is -4.58. The monoisotopic (exact) mass is 319 g/mol. The number of carboxylic acids is 1. The van der Waals surface area contributed by atoms with Crippen LogP contribution in [0.5, 0.6) is 0 Å². The number of aryl methyl sites for hydroxylation is 1. The van der Waals surface area contributed by atoms with Gasteiger partial charge in [-0.1, -0.05) is 0 Å². The number of nitrogens with zero attached hydrogens (tertiary/aromatic N) is 3. The second-order valence-electron chi connectivity index (χ2n) is 5.15. The van der Waals surface area contributed by atoms with E-state index in [9.17, 15) is 18.0 Å². The van der Waals surface area contributed by atoms with E-state index in [1.165, 1.54) is 6.92 Å². The summed E-state index contributed by atoms with van der Waals surface area (Å²) in [6, 6.07) is 0. The van der Waals surface area contributed by atoms with Crippen molar-refractivity contribution >= 4 is 5.97 Å². The smallest absolute Gasteiger partial charge is 0.451 e. The Kier molecular flexibility index (Phi) is 4.97. The first-order valence-electron chi connectivity index (χ1n) is 6.70. The molecule has 2 heterocycles. The normalized spacial score (nSPS) is 20.6. The molecule has 0 radical (unpaired) electrons. The Morgan fingerprint density at radius 1 is 1.55 bits per heavy atom. The van der Waals surface area contributed by atoms with Crippen molar-refractivity contribution in [1.82, 2.24) is 14.9 Å². The summed E-state index contributed by atoms with van der Waals surface area (Å²) in [5, 5.41) is 9.07. The molecule has 0 spiro atoms. The molecule has 0 aliphatic carbocycles. The van der Waals surface area contributed by atoms with E-state index in [1.807, 2.05) is 4.90 Å². The van der Waals surface area contributed by atoms with Gasteiger partial charge in [-0.05, 0) is 6.92 Å². The van der Waals surface area contributed by atoms with E-state index < -0.39 is 23.9 Å². The fourth-order valence-corrected chi connectivity index (χ4v) is 2.19. The van der Waals surface area contributed by atoms with Crippen LogP contribution in [0, 0.1) is 12.8 Å². The van der Waals surface area contributed by atoms with Gasteiger partial charge in [-0.2, -0.15) is 13.2 Å². The molecule has 1 saturated heterocycles. The van der Waals surface area contributed by atoms with E-state index in [-0.39, 0.29) is 25.4 Å². The highest BCUT2D eigenvalue weighted by molar-refractivity contribution is 5.70. The summed E-state index contributed by atoms with van der Waals surface area (Å²) in [5.41, 5.74) is 0.776. The number of aromatic nitrogens is 2. The zero-order valence-electron chi connectivity index (χ0n) is 11.9. The van der Waals surface area contributed by atoms with Crippen LogP contribution in [-0.2, 0) is 22.3 Å². The van der Waals surface area contributed by atoms with Gasteiger partial charge in [0.2, 0.25) is 5.82 Å². The fraction of sp³-hybridized carbons (Fsp3) is 0.615. The molecular formula is C13H16F3N3O3. The Morgan fingerprint density at radius 2 is 2.27 bits per heavy atom. The molecule has 0 saturated carbocycles. The lowest BCUT2D eigenvalue weighted by Crippen LogP contribution is -2.33. The number of ether oxygens (including phenoxy) is 1. The van der Waals surface area contributed by atoms with Crippen LogP contribution < -0.4 is 0 Å². The summed E-state index contributed by atoms with van der Waals surface area (Å²) in [4.78, 5) is 19.7. The lowest BCUT2D eigenvalue weighted by molar-refractivity contribution is -0.145. The number of hydrogen-bond acceptors (Lipinski definition) is 5. The molecule has 1 atom stereocenters. The second kappa shape index (κ2) is 6.57. The molecule has 122 valence electrons. The number of halogens is 3. The molecule has 9 heteroatoms. The van der Waals surface area contributed by atoms with Crippen molar-refractivity contribution in [2.45, 2.75) is 19.6 Å². The van der Waals surface area contributed by atoms with Crippen molar-refractivity contribution in [2.24, 2.45) is 5.92 Å². The third kappa shape index (κ3) is 4.14. The zero-order valence-corrected chi connectivity index (χ0v) is 11.9. The van der Waals surface area contributed by atoms with E-state index in [4.69, 9.17) is 9.84 Å². The van der Waals surface area contributed by atoms with Gasteiger partial charge in [0.15, 0.2) is 0 Å². The number of carbonyl (C=O) groups is 1. The predicted octanol–water partition coefficient (Wildman–Crippen LogP) is 1.34. The molecule has 1 aliphatic heterocycles. The summed E-state index contributed by atoms with van der Waals surface area (Å²) >= 11 is 0. The van der Waals surface area contributed by atoms with Gasteiger partial charge in [0.1, 0.15) is 0 Å². The Morgan fingerprint density at radius 3 is 2.86 bits per heavy atom. The summed E-state index contributed by atoms with van der Waals surface area (Å²) in [6.45, 7) is 3.06. The highest BCUT2D eigenvalue weighted by Crippen LogP contribution is 2.26. The van der Waals surface area contributed by atoms with E-state index in [2.05, 4.69) is 9.97 Å². The van der Waals surface area contributed by atoms with Crippen molar-refractivity contribution in [2.75, 3.05) is 26.3 Å². The maximum Gasteiger partial charge on any atom is 0.451 e. The van der Waals surface area contributed by atoms with Crippen LogP contribution in [0.2, 0.25) is 0 Å². The molecule has 1 aliphatic rings. The number of hydrogen-bond donors (Lipinski definition) is 1. The number of rotatable bonds is 3. The largest absolute Gasteiger partial charge is 0.481 e. The number of aliphatic carboxylic acids is 1. The van der Waals surface area contributed by atoms with Crippen LogP contribution in [0.3, 0.4) is 0 Å². The fourth-order valence-electron chi connectivity index (χ4n) is 2.19. The predicted molar refractivity (Wildman–Crippen MR) is 69.0 cm³/mol. The SMILES string of the molecule is Cc1nc(C(F)(F)F)ncc1CN1CCOCC(C(=O)O)C1. The van der Waals surface area contributed by atoms with Crippen LogP contribution in [0.1, 0.15) is 17.1 Å². The second-order valence-corrected chi connectivity index (χ2v) is 5.15. The molecule has 0 aromatic carbocycles. The number of carboxylic acid groups (broad SMARTS) is 1. The molecule has 1 aromatic heterocycles. The van der Waals surface area contributed by atoms with Crippen molar-refractivity contribution in [3.8, 4) is 0 Å². The first-order chi connectivity index (χ1) is 10.3. The average Bonchev–Trinajstić information content (AvgIpc) is 2.65. The first-order valence-corrected chi connectivity index (χ1v) is 6.70. The summed E-state index contributed by atoms with van der Waals surface area (Å²) in [5.74, 6) is -2.78. The van der Waals surface area contributed by atoms with Gasteiger partial charge in [0, 0.05) is 37.1 Å². The van der Waals surface area contributed by atoms with Crippen molar-refractivity contribution in [3.05, 3.63) is 23.3 Å². The Hall–Kier alpha value is -1.74. The van der Waals surface area contributed by atoms with E-state index in [0.717, 1.165) is 6.20 Å². The van der Waals surface area contributed by atoms with Gasteiger partial charge in [0.25, 0.3) is 0 Å². The quantitative estimate of drug-likeness (QED) is 0.906. The van der Waals surface area contributed by atoms with Crippen molar-refractivity contribution < 1.29 is 27.8 Å². The summed E-state index contributed by atoms with van der Waals surface area (Å²) < 4.78 is 42.8. The van der Waals surface area contributed by atoms with Crippen LogP contribution in [0.15, 0.2) is 6.20 Å². The standard InChI is InChI=1S/C13H16F3N3O3/c1-8-9(4-17-12(18-8)13(14,15)16)5-19-2-3-22-7-10(6-19)11(20)21/h4,10H,2-3,5-7H2,1H3,(H,20,21). The van der Waals surface area contributed by atoms with Crippen LogP contribution in [-0.4, -0.2) is 52.2 Å². The molecule has 1 fully saturated rings. The molecule has 1 aromatic rings. The third-order valence-corrected chi connectivity index (χ3v) is 3.43. The molecule has 22 heavy (non-hydrogen) atoms. The minimum Gasteiger partial charge on any atom is -0.481 e. The molecule has 0 amide bonds. The highest BCUT2D eigenvalue weighted by atomic mass is 19.4. The Balaban J connectivity index is 2.11. The van der Waals surface area contributed by atoms with Gasteiger partial charge >= 0.3 is 12.1 Å². The maximum atomic E-state index is 12.5. The van der Waals surface area contributed by atoms with Crippen LogP contribution >= 0.6 is 0 Å². The zero-order chi connectivity index (χ0) is 16.3. The lowest BCUT2D eigenvalue weighted by atomic mass is 10.1. The molecular weight excluding hydrogens is 303 g/mol. The molecule has 1 unspecified atom stereocenters. The van der Waals surface area contributed by atoms with Crippen molar-refractivity contribution in [1.29, 1.82) is 0 Å². The third-order valence-electron chi connectivity index (χ3n) is 3.43. The van der Waals surface area contributed by atoms with Crippen LogP contribution in [0.4, 0.5) is 13.2 Å². The average molecular weight is 319 g/mol. The molecule has 2 rings (SSSR count). The molecule has 1 N–H and O–H groups in total. The van der Waals surface area contributed by atoms with Gasteiger partial charge < -0.3 is 9.84 Å². The van der Waals surface area contributed by atoms with E-state index in [0.29, 0.717) is 18.7 Å². The molecule has 6 nitrogen and oxygen atoms in total. The van der Waals surface area contributed by atoms with Gasteiger partial charge in [-0.3, -0.25) is 9.69 Å². The van der Waals surface area contributed by atoms with Gasteiger partial charge in [-0.25, -0.2) is 9.97 Å². The molecule has 0 bridgehead atoms. The minimum absolute atomic E-state index is 0.133. The first kappa shape index (κ1) is 16.6. The van der Waals surface area contributed by atoms with E-state index in [1.54, 1.807) is 0 Å². The topological polar surface area (TPSA) is 75.5 Å². The highest BCUT2D eigenvalue weighted by Gasteiger charge is 2.35. The van der Waals surface area contributed by atoms with Gasteiger partial charge in [0.05, 0.1) is 19.1 Å². The summed E-state index contributed by atoms with van der Waals surface area (Å²) in [7, 11) is 0. The lowest BCUT2D eigenvalue weighted by Gasteiger charge is -2.22. The van der Waals surface area contributed by atoms with Crippen molar-refractivity contribution in [3.63, 3.8) is 0 Å². The maximum absolute atomic E-state index is 12.5. The Bertz CT molecular complexity index is 551. The van der Waals surface area contributed by atoms with E-state index >= 15 is 0 Å². The van der Waals surface area contributed by atoms with Gasteiger partial charge in [-0.15, -0.1) is 0 Å². The number of alkyl halides is 3. The Labute approximate surface area is 124 Å².